The molecular weight excluding hydrogens is 232 g/mol. The quantitative estimate of drug-likeness (QED) is 0.560. The molecule has 0 aromatic carbocycles. The summed E-state index contributed by atoms with van der Waals surface area (Å²) in [6, 6.07) is 0. The van der Waals surface area contributed by atoms with Gasteiger partial charge in [-0.3, -0.25) is 5.41 Å². The summed E-state index contributed by atoms with van der Waals surface area (Å²) in [5.74, 6) is 2.69. The summed E-state index contributed by atoms with van der Waals surface area (Å²) in [5, 5.41) is 8.04. The van der Waals surface area contributed by atoms with Gasteiger partial charge in [0.05, 0.1) is 5.84 Å². The van der Waals surface area contributed by atoms with Crippen LogP contribution < -0.4 is 5.73 Å². The zero-order chi connectivity index (χ0) is 13.9. The van der Waals surface area contributed by atoms with E-state index in [-0.39, 0.29) is 5.41 Å². The first-order valence-electron chi connectivity index (χ1n) is 8.38. The van der Waals surface area contributed by atoms with Crippen LogP contribution in [0.15, 0.2) is 0 Å². The van der Waals surface area contributed by atoms with Crippen LogP contribution in [-0.2, 0) is 0 Å². The molecule has 2 aliphatic rings. The molecule has 0 heterocycles. The summed E-state index contributed by atoms with van der Waals surface area (Å²) >= 11 is 0. The summed E-state index contributed by atoms with van der Waals surface area (Å²) in [6.07, 6.45) is 13.9. The van der Waals surface area contributed by atoms with E-state index in [9.17, 15) is 0 Å². The van der Waals surface area contributed by atoms with Crippen LogP contribution in [0.1, 0.15) is 78.1 Å². The zero-order valence-electron chi connectivity index (χ0n) is 12.9. The Morgan fingerprint density at radius 3 is 1.58 bits per heavy atom. The van der Waals surface area contributed by atoms with Gasteiger partial charge in [-0.15, -0.1) is 0 Å². The minimum Gasteiger partial charge on any atom is -0.387 e. The van der Waals surface area contributed by atoms with E-state index in [0.29, 0.717) is 11.8 Å². The van der Waals surface area contributed by atoms with Crippen molar-refractivity contribution >= 4 is 5.84 Å². The zero-order valence-corrected chi connectivity index (χ0v) is 12.9. The third-order valence-electron chi connectivity index (χ3n) is 5.84. The lowest BCUT2D eigenvalue weighted by Crippen LogP contribution is -2.45. The van der Waals surface area contributed by atoms with E-state index in [1.54, 1.807) is 0 Å². The van der Waals surface area contributed by atoms with Gasteiger partial charge < -0.3 is 5.73 Å². The second kappa shape index (κ2) is 6.28. The molecule has 2 rings (SSSR count). The molecular formula is C17H32N2. The topological polar surface area (TPSA) is 49.9 Å². The predicted octanol–water partition coefficient (Wildman–Crippen LogP) is 4.73. The van der Waals surface area contributed by atoms with E-state index in [0.717, 1.165) is 11.8 Å². The fourth-order valence-electron chi connectivity index (χ4n) is 4.73. The molecule has 2 saturated carbocycles. The fraction of sp³-hybridized carbons (Fsp3) is 0.941. The van der Waals surface area contributed by atoms with Crippen LogP contribution >= 0.6 is 0 Å². The van der Waals surface area contributed by atoms with Crippen LogP contribution in [0.3, 0.4) is 0 Å². The Morgan fingerprint density at radius 2 is 1.26 bits per heavy atom. The Balaban J connectivity index is 2.18. The molecule has 0 saturated heterocycles. The van der Waals surface area contributed by atoms with Crippen molar-refractivity contribution in [3.63, 3.8) is 0 Å². The van der Waals surface area contributed by atoms with Gasteiger partial charge in [0.15, 0.2) is 0 Å². The van der Waals surface area contributed by atoms with Crippen molar-refractivity contribution in [1.82, 2.24) is 0 Å². The average molecular weight is 264 g/mol. The normalized spacial score (nSPS) is 23.7. The summed E-state index contributed by atoms with van der Waals surface area (Å²) in [5.41, 5.74) is 5.86. The van der Waals surface area contributed by atoms with Crippen LogP contribution in [0.25, 0.3) is 0 Å². The molecule has 0 atom stereocenters. The second-order valence-electron chi connectivity index (χ2n) is 7.46. The third-order valence-corrected chi connectivity index (χ3v) is 5.84. The Hall–Kier alpha value is -0.530. The van der Waals surface area contributed by atoms with Crippen LogP contribution in [-0.4, -0.2) is 5.84 Å². The summed E-state index contributed by atoms with van der Waals surface area (Å²) < 4.78 is 0. The maximum Gasteiger partial charge on any atom is 0.0966 e. The third kappa shape index (κ3) is 3.32. The van der Waals surface area contributed by atoms with Crippen molar-refractivity contribution in [3.8, 4) is 0 Å². The summed E-state index contributed by atoms with van der Waals surface area (Å²) in [6.45, 7) is 4.45. The Bertz CT molecular complexity index is 278. The van der Waals surface area contributed by atoms with Crippen LogP contribution in [0.4, 0.5) is 0 Å². The van der Waals surface area contributed by atoms with Crippen LogP contribution in [0, 0.1) is 28.6 Å². The first-order valence-corrected chi connectivity index (χ1v) is 8.38. The molecule has 0 bridgehead atoms. The maximum atomic E-state index is 8.04. The van der Waals surface area contributed by atoms with Gasteiger partial charge in [0.2, 0.25) is 0 Å². The minimum atomic E-state index is -0.107. The first-order chi connectivity index (χ1) is 9.03. The molecule has 2 aliphatic carbocycles. The molecule has 0 amide bonds. The van der Waals surface area contributed by atoms with Crippen LogP contribution in [0.5, 0.6) is 0 Å². The molecule has 0 spiro atoms. The lowest BCUT2D eigenvalue weighted by molar-refractivity contribution is 0.0731. The number of nitrogens with two attached hydrogens (primary N) is 1. The summed E-state index contributed by atoms with van der Waals surface area (Å²) in [4.78, 5) is 0. The Labute approximate surface area is 119 Å². The highest BCUT2D eigenvalue weighted by Crippen LogP contribution is 2.48. The van der Waals surface area contributed by atoms with E-state index >= 15 is 0 Å². The van der Waals surface area contributed by atoms with E-state index in [1.165, 1.54) is 64.2 Å². The molecule has 2 heteroatoms. The van der Waals surface area contributed by atoms with Crippen LogP contribution in [0.2, 0.25) is 0 Å². The molecule has 0 aliphatic heterocycles. The first kappa shape index (κ1) is 14.9. The molecule has 0 unspecified atom stereocenters. The van der Waals surface area contributed by atoms with Gasteiger partial charge in [0.1, 0.15) is 0 Å². The van der Waals surface area contributed by atoms with Gasteiger partial charge in [-0.05, 0) is 17.8 Å². The van der Waals surface area contributed by atoms with E-state index < -0.39 is 0 Å². The molecule has 0 radical (unpaired) electrons. The summed E-state index contributed by atoms with van der Waals surface area (Å²) in [7, 11) is 0. The average Bonchev–Trinajstić information content (AvgIpc) is 2.41. The number of amidine groups is 1. The van der Waals surface area contributed by atoms with Gasteiger partial charge in [0, 0.05) is 5.41 Å². The highest BCUT2D eigenvalue weighted by atomic mass is 14.8. The molecule has 3 N–H and O–H groups in total. The predicted molar refractivity (Wildman–Crippen MR) is 82.3 cm³/mol. The molecule has 0 aromatic heterocycles. The largest absolute Gasteiger partial charge is 0.387 e. The van der Waals surface area contributed by atoms with Crippen molar-refractivity contribution in [3.05, 3.63) is 0 Å². The maximum absolute atomic E-state index is 8.04. The molecule has 2 nitrogen and oxygen atoms in total. The molecule has 0 aromatic rings. The van der Waals surface area contributed by atoms with E-state index in [2.05, 4.69) is 13.8 Å². The Morgan fingerprint density at radius 1 is 0.895 bits per heavy atom. The van der Waals surface area contributed by atoms with Gasteiger partial charge >= 0.3 is 0 Å². The van der Waals surface area contributed by atoms with Gasteiger partial charge in [0.25, 0.3) is 0 Å². The van der Waals surface area contributed by atoms with Crippen molar-refractivity contribution in [1.29, 1.82) is 5.41 Å². The standard InChI is InChI=1S/C17H32N2/c1-17(2,16(18)19)15(13-9-5-3-6-10-13)14-11-7-4-8-12-14/h13-15H,3-12H2,1-2H3,(H3,18,19). The smallest absolute Gasteiger partial charge is 0.0966 e. The SMILES string of the molecule is CC(C)(C(=N)N)C(C1CCCCC1)C1CCCCC1. The number of nitrogens with one attached hydrogen (secondary N) is 1. The van der Waals surface area contributed by atoms with Crippen molar-refractivity contribution in [2.24, 2.45) is 28.9 Å². The van der Waals surface area contributed by atoms with Gasteiger partial charge in [-0.2, -0.15) is 0 Å². The number of hydrogen-bond donors (Lipinski definition) is 2. The van der Waals surface area contributed by atoms with Gasteiger partial charge in [-0.1, -0.05) is 78.1 Å². The Kier molecular flexibility index (Phi) is 4.92. The fourth-order valence-corrected chi connectivity index (χ4v) is 4.73. The lowest BCUT2D eigenvalue weighted by Gasteiger charge is -2.46. The molecule has 19 heavy (non-hydrogen) atoms. The number of hydrogen-bond acceptors (Lipinski definition) is 1. The number of rotatable bonds is 4. The lowest BCUT2D eigenvalue weighted by atomic mass is 9.59. The highest BCUT2D eigenvalue weighted by molar-refractivity contribution is 5.83. The molecule has 2 fully saturated rings. The van der Waals surface area contributed by atoms with E-state index in [1.807, 2.05) is 0 Å². The molecule has 110 valence electrons. The van der Waals surface area contributed by atoms with E-state index in [4.69, 9.17) is 11.1 Å². The van der Waals surface area contributed by atoms with Crippen molar-refractivity contribution in [2.75, 3.05) is 0 Å². The van der Waals surface area contributed by atoms with Crippen molar-refractivity contribution in [2.45, 2.75) is 78.1 Å². The monoisotopic (exact) mass is 264 g/mol. The second-order valence-corrected chi connectivity index (χ2v) is 7.46. The minimum absolute atomic E-state index is 0.107. The van der Waals surface area contributed by atoms with Gasteiger partial charge in [-0.25, -0.2) is 0 Å². The highest BCUT2D eigenvalue weighted by Gasteiger charge is 2.42. The van der Waals surface area contributed by atoms with Crippen molar-refractivity contribution < 1.29 is 0 Å².